The lowest BCUT2D eigenvalue weighted by Crippen LogP contribution is -2.44. The van der Waals surface area contributed by atoms with E-state index in [2.05, 4.69) is 54.3 Å². The predicted octanol–water partition coefficient (Wildman–Crippen LogP) is 5.43. The number of benzene rings is 2. The third kappa shape index (κ3) is 6.10. The molecule has 1 heterocycles. The Morgan fingerprint density at radius 3 is 2.69 bits per heavy atom. The molecule has 0 bridgehead atoms. The quantitative estimate of drug-likeness (QED) is 0.247. The van der Waals surface area contributed by atoms with E-state index in [-0.39, 0.29) is 12.2 Å². The van der Waals surface area contributed by atoms with Gasteiger partial charge in [-0.25, -0.2) is 4.79 Å². The van der Waals surface area contributed by atoms with E-state index in [0.717, 1.165) is 60.4 Å². The van der Waals surface area contributed by atoms with Gasteiger partial charge in [-0.05, 0) is 93.6 Å². The summed E-state index contributed by atoms with van der Waals surface area (Å²) < 4.78 is 17.2. The zero-order valence-electron chi connectivity index (χ0n) is 21.2. The van der Waals surface area contributed by atoms with Crippen LogP contribution in [0, 0.1) is 6.92 Å². The third-order valence-electron chi connectivity index (χ3n) is 6.61. The fraction of sp³-hybridized carbons (Fsp3) is 0.429. The number of anilines is 1. The van der Waals surface area contributed by atoms with Crippen LogP contribution in [0.2, 0.25) is 0 Å². The van der Waals surface area contributed by atoms with Gasteiger partial charge in [0.2, 0.25) is 0 Å². The van der Waals surface area contributed by atoms with Crippen molar-refractivity contribution in [1.82, 2.24) is 10.9 Å². The van der Waals surface area contributed by atoms with Crippen molar-refractivity contribution in [2.75, 3.05) is 18.5 Å². The van der Waals surface area contributed by atoms with Crippen molar-refractivity contribution >= 4 is 34.7 Å². The summed E-state index contributed by atoms with van der Waals surface area (Å²) in [6, 6.07) is 11.8. The summed E-state index contributed by atoms with van der Waals surface area (Å²) in [6.07, 6.45) is 8.46. The number of esters is 1. The highest BCUT2D eigenvalue weighted by molar-refractivity contribution is 7.80. The summed E-state index contributed by atoms with van der Waals surface area (Å²) in [4.78, 5) is 11.7. The van der Waals surface area contributed by atoms with Crippen LogP contribution in [0.1, 0.15) is 62.6 Å². The first kappa shape index (κ1) is 25.8. The first-order valence-corrected chi connectivity index (χ1v) is 13.1. The number of carbonyl (C=O) groups is 1. The van der Waals surface area contributed by atoms with E-state index in [1.165, 1.54) is 12.0 Å². The van der Waals surface area contributed by atoms with Gasteiger partial charge in [-0.1, -0.05) is 31.5 Å². The highest BCUT2D eigenvalue weighted by Gasteiger charge is 2.37. The summed E-state index contributed by atoms with van der Waals surface area (Å²) in [7, 11) is 0. The number of ether oxygens (including phenoxy) is 3. The van der Waals surface area contributed by atoms with Gasteiger partial charge in [0.15, 0.2) is 11.7 Å². The third-order valence-corrected chi connectivity index (χ3v) is 6.82. The van der Waals surface area contributed by atoms with Gasteiger partial charge in [0.05, 0.1) is 12.3 Å². The summed E-state index contributed by atoms with van der Waals surface area (Å²) in [5.41, 5.74) is 11.2. The SMILES string of the molecule is CCOC(=O)COc1ccc2c(c1)C(NNC(=S)Nc1c(C)cccc1CC)=CC1(CCCCC1)O2. The molecule has 1 aliphatic carbocycles. The second-order valence-electron chi connectivity index (χ2n) is 9.20. The molecule has 7 nitrogen and oxygen atoms in total. The maximum atomic E-state index is 11.7. The molecule has 1 fully saturated rings. The average Bonchev–Trinajstić information content (AvgIpc) is 2.88. The van der Waals surface area contributed by atoms with Crippen molar-refractivity contribution in [3.63, 3.8) is 0 Å². The van der Waals surface area contributed by atoms with Crippen LogP contribution in [0.5, 0.6) is 11.5 Å². The zero-order chi connectivity index (χ0) is 25.5. The molecule has 0 unspecified atom stereocenters. The molecule has 4 rings (SSSR count). The number of fused-ring (bicyclic) bond motifs is 1. The molecule has 0 amide bonds. The van der Waals surface area contributed by atoms with Crippen LogP contribution in [-0.4, -0.2) is 29.9 Å². The van der Waals surface area contributed by atoms with Crippen molar-refractivity contribution in [1.29, 1.82) is 0 Å². The van der Waals surface area contributed by atoms with Crippen molar-refractivity contribution < 1.29 is 19.0 Å². The molecule has 2 aliphatic rings. The topological polar surface area (TPSA) is 80.9 Å². The highest BCUT2D eigenvalue weighted by Crippen LogP contribution is 2.43. The number of hydrazine groups is 1. The Bertz CT molecular complexity index is 1140. The fourth-order valence-corrected chi connectivity index (χ4v) is 4.96. The second-order valence-corrected chi connectivity index (χ2v) is 9.61. The van der Waals surface area contributed by atoms with Crippen molar-refractivity contribution in [2.24, 2.45) is 0 Å². The molecule has 0 radical (unpaired) electrons. The van der Waals surface area contributed by atoms with Crippen LogP contribution >= 0.6 is 12.2 Å². The summed E-state index contributed by atoms with van der Waals surface area (Å²) in [6.45, 7) is 6.14. The molecule has 3 N–H and O–H groups in total. The van der Waals surface area contributed by atoms with E-state index in [1.807, 2.05) is 18.2 Å². The largest absolute Gasteiger partial charge is 0.482 e. The number of carbonyl (C=O) groups excluding carboxylic acids is 1. The van der Waals surface area contributed by atoms with Crippen LogP contribution < -0.4 is 25.6 Å². The van der Waals surface area contributed by atoms with E-state index >= 15 is 0 Å². The molecule has 2 aromatic carbocycles. The highest BCUT2D eigenvalue weighted by atomic mass is 32.1. The Morgan fingerprint density at radius 2 is 1.94 bits per heavy atom. The first-order valence-electron chi connectivity index (χ1n) is 12.7. The zero-order valence-corrected chi connectivity index (χ0v) is 22.1. The minimum atomic E-state index is -0.401. The van der Waals surface area contributed by atoms with Gasteiger partial charge in [-0.15, -0.1) is 0 Å². The molecule has 1 aliphatic heterocycles. The minimum Gasteiger partial charge on any atom is -0.482 e. The number of thiocarbonyl (C=S) groups is 1. The number of rotatable bonds is 8. The molecule has 1 saturated carbocycles. The molecule has 2 aromatic rings. The normalized spacial score (nSPS) is 15.7. The van der Waals surface area contributed by atoms with Gasteiger partial charge in [0.25, 0.3) is 0 Å². The Morgan fingerprint density at radius 1 is 1.14 bits per heavy atom. The van der Waals surface area contributed by atoms with E-state index in [4.69, 9.17) is 26.4 Å². The number of hydrogen-bond acceptors (Lipinski definition) is 6. The number of nitrogens with one attached hydrogen (secondary N) is 3. The van der Waals surface area contributed by atoms with Crippen molar-refractivity contribution in [2.45, 2.75) is 64.9 Å². The van der Waals surface area contributed by atoms with E-state index < -0.39 is 5.97 Å². The standard InChI is InChI=1S/C28H35N3O4S/c1-4-20-11-9-10-19(3)26(20)29-27(36)31-30-23-17-28(14-7-6-8-15-28)35-24-13-12-21(16-22(23)24)34-18-25(32)33-5-2/h9-13,16-17,30H,4-8,14-15,18H2,1-3H3,(H2,29,31,36). The van der Waals surface area contributed by atoms with E-state index in [0.29, 0.717) is 17.5 Å². The van der Waals surface area contributed by atoms with Gasteiger partial charge in [0, 0.05) is 11.3 Å². The van der Waals surface area contributed by atoms with E-state index in [9.17, 15) is 4.79 Å². The first-order chi connectivity index (χ1) is 17.4. The molecule has 0 aromatic heterocycles. The summed E-state index contributed by atoms with van der Waals surface area (Å²) in [5, 5.41) is 3.82. The maximum Gasteiger partial charge on any atom is 0.344 e. The van der Waals surface area contributed by atoms with Gasteiger partial charge in [-0.3, -0.25) is 10.9 Å². The molecular formula is C28H35N3O4S. The molecule has 8 heteroatoms. The molecule has 0 saturated heterocycles. The smallest absolute Gasteiger partial charge is 0.344 e. The molecule has 1 spiro atoms. The second kappa shape index (κ2) is 11.6. The summed E-state index contributed by atoms with van der Waals surface area (Å²) in [5.74, 6) is 0.936. The number of para-hydroxylation sites is 1. The number of hydrogen-bond donors (Lipinski definition) is 3. The van der Waals surface area contributed by atoms with Crippen LogP contribution in [0.15, 0.2) is 42.5 Å². The van der Waals surface area contributed by atoms with Crippen LogP contribution in [0.4, 0.5) is 5.69 Å². The monoisotopic (exact) mass is 509 g/mol. The Kier molecular flexibility index (Phi) is 8.36. The molecular weight excluding hydrogens is 474 g/mol. The van der Waals surface area contributed by atoms with Crippen molar-refractivity contribution in [3.8, 4) is 11.5 Å². The van der Waals surface area contributed by atoms with Gasteiger partial charge in [0.1, 0.15) is 17.1 Å². The summed E-state index contributed by atoms with van der Waals surface area (Å²) >= 11 is 5.62. The van der Waals surface area contributed by atoms with Gasteiger partial charge in [-0.2, -0.15) is 0 Å². The van der Waals surface area contributed by atoms with Gasteiger partial charge < -0.3 is 19.5 Å². The average molecular weight is 510 g/mol. The molecule has 192 valence electrons. The lowest BCUT2D eigenvalue weighted by molar-refractivity contribution is -0.145. The Balaban J connectivity index is 1.53. The Hall–Kier alpha value is -3.26. The van der Waals surface area contributed by atoms with Crippen LogP contribution in [-0.2, 0) is 16.0 Å². The van der Waals surface area contributed by atoms with E-state index in [1.54, 1.807) is 6.92 Å². The van der Waals surface area contributed by atoms with Crippen LogP contribution in [0.3, 0.4) is 0 Å². The van der Waals surface area contributed by atoms with Crippen LogP contribution in [0.25, 0.3) is 5.70 Å². The fourth-order valence-electron chi connectivity index (χ4n) is 4.80. The van der Waals surface area contributed by atoms with Gasteiger partial charge >= 0.3 is 5.97 Å². The lowest BCUT2D eigenvalue weighted by atomic mass is 9.82. The Labute approximate surface area is 218 Å². The predicted molar refractivity (Wildman–Crippen MR) is 146 cm³/mol. The molecule has 36 heavy (non-hydrogen) atoms. The maximum absolute atomic E-state index is 11.7. The minimum absolute atomic E-state index is 0.146. The number of aryl methyl sites for hydroxylation is 2. The lowest BCUT2D eigenvalue weighted by Gasteiger charge is -2.39. The molecule has 0 atom stereocenters. The van der Waals surface area contributed by atoms with Crippen molar-refractivity contribution in [3.05, 3.63) is 59.2 Å².